The number of sulfonamides is 1. The smallest absolute Gasteiger partial charge is 0.251 e. The van der Waals surface area contributed by atoms with Gasteiger partial charge in [-0.3, -0.25) is 4.79 Å². The SMILES string of the molecule is COc1ccc(N2CCC(NC(=O)c3ccc(F)c(S(=O)(=O)N(C)C)c3)CC2)cc1. The average molecular weight is 436 g/mol. The number of nitrogens with zero attached hydrogens (tertiary/aromatic N) is 2. The number of carbonyl (C=O) groups excluding carboxylic acids is 1. The van der Waals surface area contributed by atoms with E-state index in [0.717, 1.165) is 53.8 Å². The lowest BCUT2D eigenvalue weighted by atomic mass is 10.0. The van der Waals surface area contributed by atoms with Gasteiger partial charge < -0.3 is 15.0 Å². The van der Waals surface area contributed by atoms with E-state index in [4.69, 9.17) is 4.74 Å². The van der Waals surface area contributed by atoms with Gasteiger partial charge in [-0.15, -0.1) is 0 Å². The summed E-state index contributed by atoms with van der Waals surface area (Å²) < 4.78 is 44.7. The molecular formula is C21H26FN3O4S. The first-order valence-electron chi connectivity index (χ1n) is 9.64. The molecule has 30 heavy (non-hydrogen) atoms. The van der Waals surface area contributed by atoms with Crippen LogP contribution in [0.5, 0.6) is 5.75 Å². The van der Waals surface area contributed by atoms with Crippen molar-refractivity contribution in [2.24, 2.45) is 0 Å². The molecule has 0 aromatic heterocycles. The third-order valence-electron chi connectivity index (χ3n) is 5.22. The summed E-state index contributed by atoms with van der Waals surface area (Å²) in [6.07, 6.45) is 1.50. The molecule has 1 aliphatic rings. The van der Waals surface area contributed by atoms with Crippen LogP contribution in [0, 0.1) is 5.82 Å². The van der Waals surface area contributed by atoms with Gasteiger partial charge in [-0.2, -0.15) is 0 Å². The van der Waals surface area contributed by atoms with Crippen LogP contribution in [-0.2, 0) is 10.0 Å². The molecule has 0 unspecified atom stereocenters. The Bertz CT molecular complexity index is 1000. The molecule has 1 N–H and O–H groups in total. The van der Waals surface area contributed by atoms with E-state index >= 15 is 0 Å². The number of rotatable bonds is 6. The number of hydrogen-bond donors (Lipinski definition) is 1. The summed E-state index contributed by atoms with van der Waals surface area (Å²) in [7, 11) is 0.286. The van der Waals surface area contributed by atoms with E-state index < -0.39 is 26.6 Å². The summed E-state index contributed by atoms with van der Waals surface area (Å²) in [5.41, 5.74) is 1.21. The molecule has 0 radical (unpaired) electrons. The minimum Gasteiger partial charge on any atom is -0.497 e. The lowest BCUT2D eigenvalue weighted by Crippen LogP contribution is -2.44. The van der Waals surface area contributed by atoms with Gasteiger partial charge in [-0.05, 0) is 55.3 Å². The minimum atomic E-state index is -3.98. The van der Waals surface area contributed by atoms with E-state index in [2.05, 4.69) is 10.2 Å². The number of methoxy groups -OCH3 is 1. The maximum atomic E-state index is 14.0. The van der Waals surface area contributed by atoms with Crippen LogP contribution < -0.4 is 15.0 Å². The molecule has 2 aromatic rings. The number of amides is 1. The summed E-state index contributed by atoms with van der Waals surface area (Å²) in [6, 6.07) is 11.2. The molecule has 2 aromatic carbocycles. The molecule has 9 heteroatoms. The van der Waals surface area contributed by atoms with E-state index in [1.54, 1.807) is 7.11 Å². The van der Waals surface area contributed by atoms with Crippen LogP contribution in [0.4, 0.5) is 10.1 Å². The third kappa shape index (κ3) is 4.73. The topological polar surface area (TPSA) is 79.0 Å². The van der Waals surface area contributed by atoms with Gasteiger partial charge in [0.1, 0.15) is 16.5 Å². The Labute approximate surface area is 176 Å². The van der Waals surface area contributed by atoms with Crippen molar-refractivity contribution in [3.63, 3.8) is 0 Å². The molecular weight excluding hydrogens is 409 g/mol. The number of ether oxygens (including phenoxy) is 1. The standard InChI is InChI=1S/C21H26FN3O4S/c1-24(2)30(27,28)20-14-15(4-9-19(20)22)21(26)23-16-10-12-25(13-11-16)17-5-7-18(29-3)8-6-17/h4-9,14,16H,10-13H2,1-3H3,(H,23,26). The predicted octanol–water partition coefficient (Wildman–Crippen LogP) is 2.48. The van der Waals surface area contributed by atoms with Crippen molar-refractivity contribution in [1.29, 1.82) is 0 Å². The van der Waals surface area contributed by atoms with Gasteiger partial charge in [0, 0.05) is 44.5 Å². The molecule has 1 saturated heterocycles. The average Bonchev–Trinajstić information content (AvgIpc) is 2.74. The van der Waals surface area contributed by atoms with Gasteiger partial charge in [0.15, 0.2) is 0 Å². The fourth-order valence-electron chi connectivity index (χ4n) is 3.38. The van der Waals surface area contributed by atoms with Crippen LogP contribution in [0.3, 0.4) is 0 Å². The monoisotopic (exact) mass is 435 g/mol. The Balaban J connectivity index is 1.63. The molecule has 0 saturated carbocycles. The Hall–Kier alpha value is -2.65. The van der Waals surface area contributed by atoms with Crippen LogP contribution in [0.15, 0.2) is 47.4 Å². The van der Waals surface area contributed by atoms with Crippen molar-refractivity contribution >= 4 is 21.6 Å². The van der Waals surface area contributed by atoms with Crippen molar-refractivity contribution in [1.82, 2.24) is 9.62 Å². The van der Waals surface area contributed by atoms with Gasteiger partial charge in [0.2, 0.25) is 10.0 Å². The Morgan fingerprint density at radius 2 is 1.77 bits per heavy atom. The Morgan fingerprint density at radius 1 is 1.13 bits per heavy atom. The Morgan fingerprint density at radius 3 is 2.33 bits per heavy atom. The highest BCUT2D eigenvalue weighted by Gasteiger charge is 2.25. The molecule has 0 aliphatic carbocycles. The van der Waals surface area contributed by atoms with Crippen LogP contribution >= 0.6 is 0 Å². The van der Waals surface area contributed by atoms with Crippen LogP contribution in [0.1, 0.15) is 23.2 Å². The van der Waals surface area contributed by atoms with Gasteiger partial charge in [-0.1, -0.05) is 0 Å². The molecule has 1 amide bonds. The second-order valence-electron chi connectivity index (χ2n) is 7.37. The van der Waals surface area contributed by atoms with E-state index in [0.29, 0.717) is 0 Å². The van der Waals surface area contributed by atoms with E-state index in [9.17, 15) is 17.6 Å². The summed E-state index contributed by atoms with van der Waals surface area (Å²) in [5.74, 6) is -0.489. The second kappa shape index (κ2) is 9.01. The van der Waals surface area contributed by atoms with Gasteiger partial charge in [0.05, 0.1) is 7.11 Å². The van der Waals surface area contributed by atoms with E-state index in [1.165, 1.54) is 20.2 Å². The molecule has 0 spiro atoms. The maximum absolute atomic E-state index is 14.0. The molecule has 0 bridgehead atoms. The molecule has 1 aliphatic heterocycles. The van der Waals surface area contributed by atoms with Gasteiger partial charge in [0.25, 0.3) is 5.91 Å². The molecule has 3 rings (SSSR count). The summed E-state index contributed by atoms with van der Waals surface area (Å²) in [4.78, 5) is 14.4. The van der Waals surface area contributed by atoms with Crippen molar-refractivity contribution in [3.8, 4) is 5.75 Å². The van der Waals surface area contributed by atoms with Gasteiger partial charge >= 0.3 is 0 Å². The lowest BCUT2D eigenvalue weighted by Gasteiger charge is -2.34. The van der Waals surface area contributed by atoms with Crippen LogP contribution in [0.25, 0.3) is 0 Å². The highest BCUT2D eigenvalue weighted by molar-refractivity contribution is 7.89. The van der Waals surface area contributed by atoms with Crippen molar-refractivity contribution in [2.45, 2.75) is 23.8 Å². The largest absolute Gasteiger partial charge is 0.497 e. The molecule has 0 atom stereocenters. The zero-order chi connectivity index (χ0) is 21.9. The number of halogens is 1. The number of hydrogen-bond acceptors (Lipinski definition) is 5. The molecule has 1 heterocycles. The van der Waals surface area contributed by atoms with Crippen LogP contribution in [0.2, 0.25) is 0 Å². The lowest BCUT2D eigenvalue weighted by molar-refractivity contribution is 0.0931. The summed E-state index contributed by atoms with van der Waals surface area (Å²) >= 11 is 0. The zero-order valence-corrected chi connectivity index (χ0v) is 18.1. The third-order valence-corrected chi connectivity index (χ3v) is 7.05. The first-order chi connectivity index (χ1) is 14.2. The Kier molecular flexibility index (Phi) is 6.62. The second-order valence-corrected chi connectivity index (χ2v) is 9.49. The predicted molar refractivity (Wildman–Crippen MR) is 113 cm³/mol. The minimum absolute atomic E-state index is 0.0362. The number of piperidine rings is 1. The van der Waals surface area contributed by atoms with E-state index in [-0.39, 0.29) is 11.6 Å². The zero-order valence-electron chi connectivity index (χ0n) is 17.3. The number of carbonyl (C=O) groups is 1. The van der Waals surface area contributed by atoms with Crippen LogP contribution in [-0.4, -0.2) is 59.0 Å². The van der Waals surface area contributed by atoms with Crippen molar-refractivity contribution in [3.05, 3.63) is 53.8 Å². The maximum Gasteiger partial charge on any atom is 0.251 e. The number of benzene rings is 2. The molecule has 7 nitrogen and oxygen atoms in total. The molecule has 1 fully saturated rings. The fraction of sp³-hybridized carbons (Fsp3) is 0.381. The highest BCUT2D eigenvalue weighted by atomic mass is 32.2. The van der Waals surface area contributed by atoms with Crippen molar-refractivity contribution < 1.29 is 22.3 Å². The summed E-state index contributed by atoms with van der Waals surface area (Å²) in [6.45, 7) is 1.56. The first-order valence-corrected chi connectivity index (χ1v) is 11.1. The van der Waals surface area contributed by atoms with E-state index in [1.807, 2.05) is 24.3 Å². The number of nitrogens with one attached hydrogen (secondary N) is 1. The number of anilines is 1. The quantitative estimate of drug-likeness (QED) is 0.754. The van der Waals surface area contributed by atoms with Crippen molar-refractivity contribution in [2.75, 3.05) is 39.2 Å². The first kappa shape index (κ1) is 22.0. The highest BCUT2D eigenvalue weighted by Crippen LogP contribution is 2.23. The normalized spacial score (nSPS) is 15.3. The van der Waals surface area contributed by atoms with Gasteiger partial charge in [-0.25, -0.2) is 17.1 Å². The molecule has 162 valence electrons. The fourth-order valence-corrected chi connectivity index (χ4v) is 4.37. The summed E-state index contributed by atoms with van der Waals surface area (Å²) in [5, 5.41) is 2.94.